The SMILES string of the molecule is CCC(C(C)=O)c1nc(-c2cc(Br)cs2)no1. The molecule has 17 heavy (non-hydrogen) atoms. The lowest BCUT2D eigenvalue weighted by Crippen LogP contribution is -2.07. The average Bonchev–Trinajstić information content (AvgIpc) is 2.87. The van der Waals surface area contributed by atoms with Gasteiger partial charge in [-0.25, -0.2) is 0 Å². The minimum Gasteiger partial charge on any atom is -0.338 e. The molecule has 1 atom stereocenters. The summed E-state index contributed by atoms with van der Waals surface area (Å²) in [5.41, 5.74) is 0. The zero-order valence-electron chi connectivity index (χ0n) is 9.44. The van der Waals surface area contributed by atoms with Crippen molar-refractivity contribution in [3.63, 3.8) is 0 Å². The van der Waals surface area contributed by atoms with E-state index in [0.29, 0.717) is 18.1 Å². The lowest BCUT2D eigenvalue weighted by atomic mass is 10.0. The molecule has 2 rings (SSSR count). The summed E-state index contributed by atoms with van der Waals surface area (Å²) in [6, 6.07) is 1.92. The minimum absolute atomic E-state index is 0.0510. The fourth-order valence-electron chi connectivity index (χ4n) is 1.54. The Balaban J connectivity index is 2.29. The molecule has 0 bridgehead atoms. The smallest absolute Gasteiger partial charge is 0.237 e. The molecule has 2 aromatic rings. The van der Waals surface area contributed by atoms with E-state index in [1.807, 2.05) is 18.4 Å². The van der Waals surface area contributed by atoms with E-state index in [2.05, 4.69) is 26.1 Å². The Kier molecular flexibility index (Phi) is 3.73. The standard InChI is InChI=1S/C11H11BrN2O2S/c1-3-8(6(2)15)11-13-10(14-16-11)9-4-7(12)5-17-9/h4-5,8H,3H2,1-2H3. The molecule has 0 saturated carbocycles. The van der Waals surface area contributed by atoms with Gasteiger partial charge in [-0.3, -0.25) is 4.79 Å². The molecule has 0 aliphatic heterocycles. The van der Waals surface area contributed by atoms with Crippen molar-refractivity contribution < 1.29 is 9.32 Å². The predicted molar refractivity (Wildman–Crippen MR) is 69.0 cm³/mol. The fraction of sp³-hybridized carbons (Fsp3) is 0.364. The monoisotopic (exact) mass is 314 g/mol. The first-order valence-corrected chi connectivity index (χ1v) is 6.87. The Hall–Kier alpha value is -1.01. The van der Waals surface area contributed by atoms with Crippen LogP contribution in [0.1, 0.15) is 32.1 Å². The summed E-state index contributed by atoms with van der Waals surface area (Å²) in [6.07, 6.45) is 0.672. The largest absolute Gasteiger partial charge is 0.338 e. The third-order valence-corrected chi connectivity index (χ3v) is 4.11. The van der Waals surface area contributed by atoms with Crippen molar-refractivity contribution in [1.29, 1.82) is 0 Å². The first-order chi connectivity index (χ1) is 8.11. The second-order valence-electron chi connectivity index (χ2n) is 3.66. The number of halogens is 1. The highest BCUT2D eigenvalue weighted by molar-refractivity contribution is 9.10. The van der Waals surface area contributed by atoms with E-state index in [1.165, 1.54) is 11.3 Å². The average molecular weight is 315 g/mol. The third-order valence-electron chi connectivity index (χ3n) is 2.43. The van der Waals surface area contributed by atoms with E-state index in [1.54, 1.807) is 6.92 Å². The predicted octanol–water partition coefficient (Wildman–Crippen LogP) is 3.64. The van der Waals surface area contributed by atoms with Crippen LogP contribution in [-0.4, -0.2) is 15.9 Å². The van der Waals surface area contributed by atoms with Crippen LogP contribution in [0, 0.1) is 0 Å². The Bertz CT molecular complexity index is 535. The van der Waals surface area contributed by atoms with Crippen LogP contribution in [0.15, 0.2) is 20.4 Å². The van der Waals surface area contributed by atoms with Gasteiger partial charge in [0.25, 0.3) is 0 Å². The normalized spacial score (nSPS) is 12.6. The van der Waals surface area contributed by atoms with Gasteiger partial charge < -0.3 is 4.52 Å². The first kappa shape index (κ1) is 12.4. The van der Waals surface area contributed by atoms with E-state index >= 15 is 0 Å². The third kappa shape index (κ3) is 2.63. The second-order valence-corrected chi connectivity index (χ2v) is 5.48. The van der Waals surface area contributed by atoms with Gasteiger partial charge >= 0.3 is 0 Å². The molecule has 0 N–H and O–H groups in total. The molecule has 2 heterocycles. The van der Waals surface area contributed by atoms with Crippen molar-refractivity contribution in [3.8, 4) is 10.7 Å². The van der Waals surface area contributed by atoms with Crippen LogP contribution in [-0.2, 0) is 4.79 Å². The van der Waals surface area contributed by atoms with Crippen LogP contribution in [0.4, 0.5) is 0 Å². The molecule has 90 valence electrons. The van der Waals surface area contributed by atoms with Crippen LogP contribution in [0.3, 0.4) is 0 Å². The summed E-state index contributed by atoms with van der Waals surface area (Å²) in [4.78, 5) is 16.6. The van der Waals surface area contributed by atoms with Gasteiger partial charge in [0, 0.05) is 9.85 Å². The first-order valence-electron chi connectivity index (χ1n) is 5.20. The Morgan fingerprint density at radius 2 is 2.41 bits per heavy atom. The number of ketones is 1. The minimum atomic E-state index is -0.292. The summed E-state index contributed by atoms with van der Waals surface area (Å²) >= 11 is 4.90. The Morgan fingerprint density at radius 3 is 2.94 bits per heavy atom. The Labute approximate surface area is 111 Å². The molecule has 2 aromatic heterocycles. The lowest BCUT2D eigenvalue weighted by molar-refractivity contribution is -0.119. The van der Waals surface area contributed by atoms with Crippen molar-refractivity contribution in [2.45, 2.75) is 26.2 Å². The number of carbonyl (C=O) groups excluding carboxylic acids is 1. The molecular weight excluding hydrogens is 304 g/mol. The van der Waals surface area contributed by atoms with E-state index < -0.39 is 0 Å². The molecule has 0 aromatic carbocycles. The number of thiophene rings is 1. The molecule has 0 amide bonds. The Morgan fingerprint density at radius 1 is 1.65 bits per heavy atom. The van der Waals surface area contributed by atoms with Crippen LogP contribution in [0.2, 0.25) is 0 Å². The van der Waals surface area contributed by atoms with E-state index in [4.69, 9.17) is 4.52 Å². The van der Waals surface area contributed by atoms with Gasteiger partial charge in [-0.2, -0.15) is 4.98 Å². The fourth-order valence-corrected chi connectivity index (χ4v) is 2.89. The second kappa shape index (κ2) is 5.10. The summed E-state index contributed by atoms with van der Waals surface area (Å²) in [7, 11) is 0. The lowest BCUT2D eigenvalue weighted by Gasteiger charge is -2.03. The number of nitrogens with zero attached hydrogens (tertiary/aromatic N) is 2. The van der Waals surface area contributed by atoms with Gasteiger partial charge in [0.05, 0.1) is 10.8 Å². The van der Waals surface area contributed by atoms with Gasteiger partial charge in [-0.15, -0.1) is 11.3 Å². The van der Waals surface area contributed by atoms with Crippen molar-refractivity contribution in [3.05, 3.63) is 21.8 Å². The van der Waals surface area contributed by atoms with Crippen LogP contribution in [0.25, 0.3) is 10.7 Å². The topological polar surface area (TPSA) is 56.0 Å². The highest BCUT2D eigenvalue weighted by Gasteiger charge is 2.22. The number of rotatable bonds is 4. The van der Waals surface area contributed by atoms with Crippen LogP contribution in [0.5, 0.6) is 0 Å². The summed E-state index contributed by atoms with van der Waals surface area (Å²) in [5.74, 6) is 0.699. The molecule has 6 heteroatoms. The zero-order valence-corrected chi connectivity index (χ0v) is 11.8. The number of carbonyl (C=O) groups is 1. The highest BCUT2D eigenvalue weighted by Crippen LogP contribution is 2.29. The van der Waals surface area contributed by atoms with Crippen molar-refractivity contribution in [2.75, 3.05) is 0 Å². The molecular formula is C11H11BrN2O2S. The molecule has 0 spiro atoms. The van der Waals surface area contributed by atoms with Gasteiger partial charge in [-0.05, 0) is 35.3 Å². The van der Waals surface area contributed by atoms with Crippen molar-refractivity contribution >= 4 is 33.0 Å². The van der Waals surface area contributed by atoms with Crippen molar-refractivity contribution in [2.24, 2.45) is 0 Å². The molecule has 0 fully saturated rings. The molecule has 1 unspecified atom stereocenters. The highest BCUT2D eigenvalue weighted by atomic mass is 79.9. The molecule has 0 aliphatic rings. The van der Waals surface area contributed by atoms with Gasteiger partial charge in [0.2, 0.25) is 11.7 Å². The van der Waals surface area contributed by atoms with Crippen LogP contribution < -0.4 is 0 Å². The van der Waals surface area contributed by atoms with E-state index in [9.17, 15) is 4.79 Å². The van der Waals surface area contributed by atoms with Gasteiger partial charge in [0.1, 0.15) is 5.78 Å². The molecule has 0 aliphatic carbocycles. The molecule has 4 nitrogen and oxygen atoms in total. The molecule has 0 saturated heterocycles. The molecule has 0 radical (unpaired) electrons. The van der Waals surface area contributed by atoms with Gasteiger partial charge in [-0.1, -0.05) is 12.1 Å². The van der Waals surface area contributed by atoms with Crippen LogP contribution >= 0.6 is 27.3 Å². The maximum absolute atomic E-state index is 11.4. The van der Waals surface area contributed by atoms with Crippen molar-refractivity contribution in [1.82, 2.24) is 10.1 Å². The maximum atomic E-state index is 11.4. The number of hydrogen-bond acceptors (Lipinski definition) is 5. The van der Waals surface area contributed by atoms with E-state index in [-0.39, 0.29) is 11.7 Å². The zero-order chi connectivity index (χ0) is 12.4. The number of Topliss-reactive ketones (excluding diaryl/α,β-unsaturated/α-hetero) is 1. The maximum Gasteiger partial charge on any atom is 0.237 e. The van der Waals surface area contributed by atoms with Gasteiger partial charge in [0.15, 0.2) is 0 Å². The quantitative estimate of drug-likeness (QED) is 0.864. The number of aromatic nitrogens is 2. The number of hydrogen-bond donors (Lipinski definition) is 0. The summed E-state index contributed by atoms with van der Waals surface area (Å²) in [5, 5.41) is 5.85. The summed E-state index contributed by atoms with van der Waals surface area (Å²) < 4.78 is 6.14. The summed E-state index contributed by atoms with van der Waals surface area (Å²) in [6.45, 7) is 3.47. The van der Waals surface area contributed by atoms with E-state index in [0.717, 1.165) is 9.35 Å².